The zero-order valence-corrected chi connectivity index (χ0v) is 24.9. The van der Waals surface area contributed by atoms with Gasteiger partial charge in [0.2, 0.25) is 0 Å². The molecular weight excluding hydrogens is 542 g/mol. The summed E-state index contributed by atoms with van der Waals surface area (Å²) in [7, 11) is 0. The van der Waals surface area contributed by atoms with E-state index < -0.39 is 5.60 Å². The van der Waals surface area contributed by atoms with E-state index in [0.29, 0.717) is 18.9 Å². The van der Waals surface area contributed by atoms with E-state index in [1.54, 1.807) is 17.2 Å². The smallest absolute Gasteiger partial charge is 0.410 e. The number of pyridine rings is 2. The summed E-state index contributed by atoms with van der Waals surface area (Å²) in [5, 5.41) is 7.67. The van der Waals surface area contributed by atoms with Crippen LogP contribution >= 0.6 is 0 Å². The lowest BCUT2D eigenvalue weighted by molar-refractivity contribution is 0.0209. The standard InChI is InChI=1S/C32H35N9O2/c1-20-13-23(6-5-22(20)14-21-11-12-40-28(15-21)34-19-36-40)37-30-29-26(33-18-35-30)9-10-27(38-29)41-24-7-8-25(41)17-39(16-24)31(42)43-32(2,3)4/h5-6,9-13,15,18-19,24-25H,7-8,14,16-17H2,1-4H3,(H,33,35,37). The van der Waals surface area contributed by atoms with Crippen LogP contribution in [0.15, 0.2) is 61.3 Å². The molecule has 11 nitrogen and oxygen atoms in total. The lowest BCUT2D eigenvalue weighted by atomic mass is 10.0. The van der Waals surface area contributed by atoms with Gasteiger partial charge in [-0.25, -0.2) is 29.2 Å². The molecule has 2 aliphatic heterocycles. The molecular formula is C32H35N9O2. The van der Waals surface area contributed by atoms with Crippen LogP contribution in [0.3, 0.4) is 0 Å². The summed E-state index contributed by atoms with van der Waals surface area (Å²) in [6, 6.07) is 14.9. The quantitative estimate of drug-likeness (QED) is 0.297. The number of carbonyl (C=O) groups excluding carboxylic acids is 1. The van der Waals surface area contributed by atoms with Crippen molar-refractivity contribution in [3.8, 4) is 0 Å². The van der Waals surface area contributed by atoms with E-state index in [1.807, 2.05) is 44.0 Å². The average molecular weight is 578 g/mol. The predicted molar refractivity (Wildman–Crippen MR) is 165 cm³/mol. The van der Waals surface area contributed by atoms with Crippen molar-refractivity contribution in [2.45, 2.75) is 64.6 Å². The molecule has 1 N–H and O–H groups in total. The highest BCUT2D eigenvalue weighted by Crippen LogP contribution is 2.36. The number of hydrogen-bond acceptors (Lipinski definition) is 9. The van der Waals surface area contributed by atoms with Crippen LogP contribution in [0.4, 0.5) is 22.1 Å². The molecule has 1 aromatic carbocycles. The molecule has 0 saturated carbocycles. The molecule has 4 aromatic heterocycles. The first-order valence-corrected chi connectivity index (χ1v) is 14.7. The van der Waals surface area contributed by atoms with Crippen molar-refractivity contribution in [2.24, 2.45) is 0 Å². The minimum Gasteiger partial charge on any atom is -0.444 e. The monoisotopic (exact) mass is 577 g/mol. The molecule has 0 aliphatic carbocycles. The number of rotatable bonds is 5. The molecule has 2 fully saturated rings. The third-order valence-electron chi connectivity index (χ3n) is 8.21. The number of ether oxygens (including phenoxy) is 1. The average Bonchev–Trinajstić information content (AvgIpc) is 3.54. The highest BCUT2D eigenvalue weighted by Gasteiger charge is 2.43. The molecule has 6 heterocycles. The first-order valence-electron chi connectivity index (χ1n) is 14.7. The highest BCUT2D eigenvalue weighted by molar-refractivity contribution is 5.88. The Morgan fingerprint density at radius 3 is 2.58 bits per heavy atom. The molecule has 1 amide bonds. The van der Waals surface area contributed by atoms with Gasteiger partial charge in [0, 0.05) is 37.1 Å². The number of benzene rings is 1. The summed E-state index contributed by atoms with van der Waals surface area (Å²) in [5.74, 6) is 1.55. The zero-order valence-electron chi connectivity index (χ0n) is 24.9. The summed E-state index contributed by atoms with van der Waals surface area (Å²) in [5.41, 5.74) is 6.37. The third-order valence-corrected chi connectivity index (χ3v) is 8.21. The third kappa shape index (κ3) is 5.42. The molecule has 0 radical (unpaired) electrons. The van der Waals surface area contributed by atoms with E-state index in [2.05, 4.69) is 67.5 Å². The van der Waals surface area contributed by atoms with Gasteiger partial charge in [0.25, 0.3) is 0 Å². The molecule has 220 valence electrons. The SMILES string of the molecule is Cc1cc(Nc2ncnc3ccc(N4C5CCC4CN(C(=O)OC(C)(C)C)C5)nc23)ccc1Cc1ccn2ncnc2c1. The molecule has 2 atom stereocenters. The number of aryl methyl sites for hydroxylation is 1. The van der Waals surface area contributed by atoms with E-state index in [9.17, 15) is 4.79 Å². The Hall–Kier alpha value is -4.80. The van der Waals surface area contributed by atoms with Crippen molar-refractivity contribution in [1.82, 2.24) is 34.4 Å². The van der Waals surface area contributed by atoms with E-state index >= 15 is 0 Å². The Morgan fingerprint density at radius 2 is 1.81 bits per heavy atom. The van der Waals surface area contributed by atoms with Crippen LogP contribution in [-0.2, 0) is 11.2 Å². The first-order chi connectivity index (χ1) is 20.7. The lowest BCUT2D eigenvalue weighted by Crippen LogP contribution is -2.56. The summed E-state index contributed by atoms with van der Waals surface area (Å²) in [6.45, 7) is 9.08. The minimum absolute atomic E-state index is 0.193. The molecule has 43 heavy (non-hydrogen) atoms. The van der Waals surface area contributed by atoms with Crippen LogP contribution in [0, 0.1) is 6.92 Å². The van der Waals surface area contributed by atoms with E-state index in [0.717, 1.165) is 47.4 Å². The summed E-state index contributed by atoms with van der Waals surface area (Å²) in [4.78, 5) is 35.4. The maximum atomic E-state index is 12.8. The Bertz CT molecular complexity index is 1820. The van der Waals surface area contributed by atoms with Crippen LogP contribution in [0.5, 0.6) is 0 Å². The molecule has 2 aliphatic rings. The van der Waals surface area contributed by atoms with Crippen molar-refractivity contribution in [3.05, 3.63) is 78.0 Å². The predicted octanol–water partition coefficient (Wildman–Crippen LogP) is 5.30. The lowest BCUT2D eigenvalue weighted by Gasteiger charge is -2.42. The van der Waals surface area contributed by atoms with Gasteiger partial charge in [0.15, 0.2) is 11.5 Å². The number of anilines is 3. The second kappa shape index (κ2) is 10.5. The Balaban J connectivity index is 1.10. The van der Waals surface area contributed by atoms with Crippen molar-refractivity contribution < 1.29 is 9.53 Å². The summed E-state index contributed by atoms with van der Waals surface area (Å²) < 4.78 is 7.42. The first kappa shape index (κ1) is 27.1. The molecule has 11 heteroatoms. The van der Waals surface area contributed by atoms with Gasteiger partial charge in [-0.1, -0.05) is 6.07 Å². The summed E-state index contributed by atoms with van der Waals surface area (Å²) >= 11 is 0. The van der Waals surface area contributed by atoms with E-state index in [-0.39, 0.29) is 18.2 Å². The van der Waals surface area contributed by atoms with Gasteiger partial charge in [0.05, 0.1) is 5.52 Å². The molecule has 2 bridgehead atoms. The minimum atomic E-state index is -0.511. The molecule has 5 aromatic rings. The molecule has 7 rings (SSSR count). The molecule has 2 unspecified atom stereocenters. The van der Waals surface area contributed by atoms with Gasteiger partial charge < -0.3 is 19.9 Å². The number of nitrogens with zero attached hydrogens (tertiary/aromatic N) is 8. The largest absolute Gasteiger partial charge is 0.444 e. The van der Waals surface area contributed by atoms with Crippen LogP contribution in [0.25, 0.3) is 16.7 Å². The van der Waals surface area contributed by atoms with Crippen molar-refractivity contribution >= 4 is 40.1 Å². The fourth-order valence-electron chi connectivity index (χ4n) is 6.21. The normalized spacial score (nSPS) is 18.4. The van der Waals surface area contributed by atoms with Gasteiger partial charge in [-0.05, 0) is 100 Å². The maximum Gasteiger partial charge on any atom is 0.410 e. The number of carbonyl (C=O) groups is 1. The number of hydrogen-bond donors (Lipinski definition) is 1. The topological polar surface area (TPSA) is 114 Å². The van der Waals surface area contributed by atoms with Crippen molar-refractivity contribution in [2.75, 3.05) is 23.3 Å². The van der Waals surface area contributed by atoms with Gasteiger partial charge in [0.1, 0.15) is 29.6 Å². The zero-order chi connectivity index (χ0) is 29.7. The van der Waals surface area contributed by atoms with Gasteiger partial charge in [-0.15, -0.1) is 0 Å². The van der Waals surface area contributed by atoms with Crippen LogP contribution in [0.2, 0.25) is 0 Å². The Morgan fingerprint density at radius 1 is 1.00 bits per heavy atom. The van der Waals surface area contributed by atoms with Crippen LogP contribution in [-0.4, -0.2) is 71.3 Å². The Kier molecular flexibility index (Phi) is 6.60. The number of nitrogens with one attached hydrogen (secondary N) is 1. The fourth-order valence-corrected chi connectivity index (χ4v) is 6.21. The second-order valence-electron chi connectivity index (χ2n) is 12.5. The van der Waals surface area contributed by atoms with E-state index in [1.165, 1.54) is 16.7 Å². The van der Waals surface area contributed by atoms with Gasteiger partial charge in [-0.2, -0.15) is 5.10 Å². The van der Waals surface area contributed by atoms with Crippen LogP contribution in [0.1, 0.15) is 50.3 Å². The Labute approximate surface area is 249 Å². The number of likely N-dealkylation sites (tertiary alicyclic amines) is 1. The number of fused-ring (bicyclic) bond motifs is 4. The molecule has 2 saturated heterocycles. The second-order valence-corrected chi connectivity index (χ2v) is 12.5. The van der Waals surface area contributed by atoms with Crippen molar-refractivity contribution in [1.29, 1.82) is 0 Å². The van der Waals surface area contributed by atoms with Crippen molar-refractivity contribution in [3.63, 3.8) is 0 Å². The number of aromatic nitrogens is 6. The van der Waals surface area contributed by atoms with E-state index in [4.69, 9.17) is 9.72 Å². The van der Waals surface area contributed by atoms with Crippen LogP contribution < -0.4 is 10.2 Å². The molecule has 0 spiro atoms. The number of piperazine rings is 1. The number of amides is 1. The van der Waals surface area contributed by atoms with Gasteiger partial charge >= 0.3 is 6.09 Å². The van der Waals surface area contributed by atoms with Gasteiger partial charge in [-0.3, -0.25) is 0 Å². The highest BCUT2D eigenvalue weighted by atomic mass is 16.6. The summed E-state index contributed by atoms with van der Waals surface area (Å²) in [6.07, 6.45) is 7.66. The fraction of sp³-hybridized carbons (Fsp3) is 0.375. The maximum absolute atomic E-state index is 12.8.